The Morgan fingerprint density at radius 3 is 2.75 bits per heavy atom. The zero-order valence-electron chi connectivity index (χ0n) is 10.6. The van der Waals surface area contributed by atoms with Gasteiger partial charge in [0.15, 0.2) is 0 Å². The van der Waals surface area contributed by atoms with Crippen molar-refractivity contribution in [3.8, 4) is 0 Å². The molecule has 0 fully saturated rings. The van der Waals surface area contributed by atoms with Crippen LogP contribution in [0.2, 0.25) is 0 Å². The molecule has 0 amide bonds. The smallest absolute Gasteiger partial charge is 0.131 e. The van der Waals surface area contributed by atoms with Crippen molar-refractivity contribution < 1.29 is 0 Å². The summed E-state index contributed by atoms with van der Waals surface area (Å²) in [6.45, 7) is 8.29. The summed E-state index contributed by atoms with van der Waals surface area (Å²) in [7, 11) is 0. The van der Waals surface area contributed by atoms with Crippen molar-refractivity contribution in [2.45, 2.75) is 39.7 Å². The molecule has 0 saturated heterocycles. The average Bonchev–Trinajstić information content (AvgIpc) is 2.32. The van der Waals surface area contributed by atoms with Gasteiger partial charge in [-0.1, -0.05) is 13.0 Å². The minimum atomic E-state index is 0.524. The Labute approximate surface area is 98.7 Å². The van der Waals surface area contributed by atoms with E-state index in [1.807, 2.05) is 12.3 Å². The predicted molar refractivity (Wildman–Crippen MR) is 69.8 cm³/mol. The van der Waals surface area contributed by atoms with Crippen molar-refractivity contribution in [2.24, 2.45) is 5.73 Å². The summed E-state index contributed by atoms with van der Waals surface area (Å²) in [6.07, 6.45) is 3.89. The van der Waals surface area contributed by atoms with Crippen molar-refractivity contribution in [3.05, 3.63) is 23.9 Å². The van der Waals surface area contributed by atoms with Crippen LogP contribution in [0.3, 0.4) is 0 Å². The third-order valence-corrected chi connectivity index (χ3v) is 3.02. The molecule has 1 atom stereocenters. The fourth-order valence-corrected chi connectivity index (χ4v) is 1.93. The lowest BCUT2D eigenvalue weighted by atomic mass is 10.1. The highest BCUT2D eigenvalue weighted by molar-refractivity contribution is 5.47. The van der Waals surface area contributed by atoms with E-state index in [4.69, 9.17) is 5.73 Å². The molecule has 0 saturated carbocycles. The molecular formula is C13H23N3. The molecule has 1 unspecified atom stereocenters. The number of hydrogen-bond acceptors (Lipinski definition) is 3. The van der Waals surface area contributed by atoms with E-state index in [0.29, 0.717) is 12.6 Å². The molecule has 0 spiro atoms. The molecule has 3 heteroatoms. The molecule has 0 radical (unpaired) electrons. The summed E-state index contributed by atoms with van der Waals surface area (Å²) in [6, 6.07) is 4.63. The third kappa shape index (κ3) is 2.95. The second-order valence-electron chi connectivity index (χ2n) is 4.07. The molecule has 1 rings (SSSR count). The lowest BCUT2D eigenvalue weighted by molar-refractivity contribution is 0.620. The highest BCUT2D eigenvalue weighted by atomic mass is 15.2. The van der Waals surface area contributed by atoms with Crippen LogP contribution >= 0.6 is 0 Å². The SMILES string of the molecule is CCC(C)N(CC)c1ncccc1CCN. The minimum Gasteiger partial charge on any atom is -0.354 e. The fraction of sp³-hybridized carbons (Fsp3) is 0.615. The van der Waals surface area contributed by atoms with Crippen LogP contribution in [0.5, 0.6) is 0 Å². The van der Waals surface area contributed by atoms with Crippen molar-refractivity contribution in [1.82, 2.24) is 4.98 Å². The fourth-order valence-electron chi connectivity index (χ4n) is 1.93. The van der Waals surface area contributed by atoms with E-state index in [9.17, 15) is 0 Å². The first-order chi connectivity index (χ1) is 7.74. The largest absolute Gasteiger partial charge is 0.354 e. The normalized spacial score (nSPS) is 12.5. The standard InChI is InChI=1S/C13H23N3/c1-4-11(3)16(5-2)13-12(8-9-14)7-6-10-15-13/h6-7,10-11H,4-5,8-9,14H2,1-3H3. The van der Waals surface area contributed by atoms with Gasteiger partial charge < -0.3 is 10.6 Å². The maximum atomic E-state index is 5.63. The Morgan fingerprint density at radius 1 is 1.44 bits per heavy atom. The predicted octanol–water partition coefficient (Wildman–Crippen LogP) is 2.21. The Morgan fingerprint density at radius 2 is 2.19 bits per heavy atom. The summed E-state index contributed by atoms with van der Waals surface area (Å²) in [5, 5.41) is 0. The third-order valence-electron chi connectivity index (χ3n) is 3.02. The van der Waals surface area contributed by atoms with E-state index in [2.05, 4.69) is 36.7 Å². The number of anilines is 1. The van der Waals surface area contributed by atoms with Gasteiger partial charge in [0.1, 0.15) is 5.82 Å². The van der Waals surface area contributed by atoms with Crippen molar-refractivity contribution in [3.63, 3.8) is 0 Å². The molecular weight excluding hydrogens is 198 g/mol. The molecule has 1 aromatic heterocycles. The average molecular weight is 221 g/mol. The molecule has 0 aliphatic rings. The number of aromatic nitrogens is 1. The van der Waals surface area contributed by atoms with Gasteiger partial charge in [0.05, 0.1) is 0 Å². The summed E-state index contributed by atoms with van der Waals surface area (Å²) in [5.41, 5.74) is 6.89. The van der Waals surface area contributed by atoms with Gasteiger partial charge in [-0.05, 0) is 44.9 Å². The van der Waals surface area contributed by atoms with Crippen LogP contribution in [-0.2, 0) is 6.42 Å². The van der Waals surface area contributed by atoms with Crippen LogP contribution in [0.25, 0.3) is 0 Å². The lowest BCUT2D eigenvalue weighted by Crippen LogP contribution is -2.34. The Kier molecular flexibility index (Phi) is 5.26. The monoisotopic (exact) mass is 221 g/mol. The lowest BCUT2D eigenvalue weighted by Gasteiger charge is -2.30. The highest BCUT2D eigenvalue weighted by Crippen LogP contribution is 2.20. The number of pyridine rings is 1. The van der Waals surface area contributed by atoms with Crippen LogP contribution < -0.4 is 10.6 Å². The van der Waals surface area contributed by atoms with E-state index in [1.54, 1.807) is 0 Å². The molecule has 0 aromatic carbocycles. The Bertz CT molecular complexity index is 312. The van der Waals surface area contributed by atoms with E-state index < -0.39 is 0 Å². The molecule has 1 heterocycles. The van der Waals surface area contributed by atoms with Gasteiger partial charge in [0.25, 0.3) is 0 Å². The maximum absolute atomic E-state index is 5.63. The summed E-state index contributed by atoms with van der Waals surface area (Å²) in [4.78, 5) is 6.86. The van der Waals surface area contributed by atoms with E-state index in [-0.39, 0.29) is 0 Å². The van der Waals surface area contributed by atoms with Crippen molar-refractivity contribution >= 4 is 5.82 Å². The second kappa shape index (κ2) is 6.48. The van der Waals surface area contributed by atoms with Crippen LogP contribution in [0.4, 0.5) is 5.82 Å². The topological polar surface area (TPSA) is 42.2 Å². The number of hydrogen-bond donors (Lipinski definition) is 1. The molecule has 16 heavy (non-hydrogen) atoms. The summed E-state index contributed by atoms with van der Waals surface area (Å²) >= 11 is 0. The highest BCUT2D eigenvalue weighted by Gasteiger charge is 2.15. The van der Waals surface area contributed by atoms with E-state index in [0.717, 1.165) is 25.2 Å². The van der Waals surface area contributed by atoms with Gasteiger partial charge in [0, 0.05) is 18.8 Å². The van der Waals surface area contributed by atoms with Crippen molar-refractivity contribution in [1.29, 1.82) is 0 Å². The van der Waals surface area contributed by atoms with Gasteiger partial charge in [0.2, 0.25) is 0 Å². The van der Waals surface area contributed by atoms with Gasteiger partial charge in [-0.2, -0.15) is 0 Å². The molecule has 0 bridgehead atoms. The Hall–Kier alpha value is -1.09. The van der Waals surface area contributed by atoms with Crippen LogP contribution in [0, 0.1) is 0 Å². The van der Waals surface area contributed by atoms with Crippen molar-refractivity contribution in [2.75, 3.05) is 18.0 Å². The van der Waals surface area contributed by atoms with E-state index >= 15 is 0 Å². The first-order valence-corrected chi connectivity index (χ1v) is 6.15. The minimum absolute atomic E-state index is 0.524. The summed E-state index contributed by atoms with van der Waals surface area (Å²) in [5.74, 6) is 1.10. The van der Waals surface area contributed by atoms with Gasteiger partial charge in [-0.3, -0.25) is 0 Å². The van der Waals surface area contributed by atoms with Gasteiger partial charge in [-0.25, -0.2) is 4.98 Å². The zero-order chi connectivity index (χ0) is 12.0. The molecule has 3 nitrogen and oxygen atoms in total. The van der Waals surface area contributed by atoms with Gasteiger partial charge >= 0.3 is 0 Å². The number of nitrogens with two attached hydrogens (primary N) is 1. The first-order valence-electron chi connectivity index (χ1n) is 6.15. The van der Waals surface area contributed by atoms with Crippen LogP contribution in [0.15, 0.2) is 18.3 Å². The van der Waals surface area contributed by atoms with Gasteiger partial charge in [-0.15, -0.1) is 0 Å². The molecule has 2 N–H and O–H groups in total. The second-order valence-corrected chi connectivity index (χ2v) is 4.07. The quantitative estimate of drug-likeness (QED) is 0.801. The molecule has 90 valence electrons. The van der Waals surface area contributed by atoms with Crippen LogP contribution in [0.1, 0.15) is 32.8 Å². The molecule has 0 aliphatic heterocycles. The first kappa shape index (κ1) is 13.0. The molecule has 1 aromatic rings. The molecule has 0 aliphatic carbocycles. The Balaban J connectivity index is 2.98. The van der Waals surface area contributed by atoms with Crippen LogP contribution in [-0.4, -0.2) is 24.1 Å². The number of rotatable bonds is 6. The maximum Gasteiger partial charge on any atom is 0.131 e. The summed E-state index contributed by atoms with van der Waals surface area (Å²) < 4.78 is 0. The zero-order valence-corrected chi connectivity index (χ0v) is 10.6. The van der Waals surface area contributed by atoms with E-state index in [1.165, 1.54) is 5.56 Å². The number of nitrogens with zero attached hydrogens (tertiary/aromatic N) is 2.